The summed E-state index contributed by atoms with van der Waals surface area (Å²) >= 11 is 0. The molecule has 2 aromatic carbocycles. The molecule has 0 aromatic heterocycles. The second-order valence-electron chi connectivity index (χ2n) is 3.93. The quantitative estimate of drug-likeness (QED) is 0.878. The Morgan fingerprint density at radius 3 is 2.39 bits per heavy atom. The van der Waals surface area contributed by atoms with Gasteiger partial charge in [0.05, 0.1) is 4.90 Å². The van der Waals surface area contributed by atoms with Crippen LogP contribution in [0.3, 0.4) is 0 Å². The summed E-state index contributed by atoms with van der Waals surface area (Å²) in [5.74, 6) is 0. The molecule has 0 unspecified atom stereocenters. The standard InChI is InChI=1S/C13H14N2O2S/c14-9-11-4-1-2-7-13(11)10-5-3-6-12(8-10)18(15,16)17/h1-8H,9,14H2,(H2,15,16,17). The van der Waals surface area contributed by atoms with Gasteiger partial charge in [0.25, 0.3) is 0 Å². The molecule has 2 aromatic rings. The topological polar surface area (TPSA) is 86.2 Å². The minimum atomic E-state index is -3.68. The molecule has 0 saturated carbocycles. The van der Waals surface area contributed by atoms with Gasteiger partial charge in [-0.25, -0.2) is 13.6 Å². The zero-order valence-electron chi connectivity index (χ0n) is 9.71. The maximum atomic E-state index is 11.3. The van der Waals surface area contributed by atoms with Crippen molar-refractivity contribution in [2.75, 3.05) is 0 Å². The van der Waals surface area contributed by atoms with Crippen LogP contribution in [0.4, 0.5) is 0 Å². The molecule has 0 aliphatic heterocycles. The van der Waals surface area contributed by atoms with Crippen molar-refractivity contribution >= 4 is 10.0 Å². The predicted octanol–water partition coefficient (Wildman–Crippen LogP) is 1.46. The summed E-state index contributed by atoms with van der Waals surface area (Å²) in [7, 11) is -3.68. The number of primary sulfonamides is 1. The number of hydrogen-bond acceptors (Lipinski definition) is 3. The molecule has 0 aliphatic rings. The van der Waals surface area contributed by atoms with Crippen LogP contribution >= 0.6 is 0 Å². The molecule has 94 valence electrons. The second kappa shape index (κ2) is 4.89. The van der Waals surface area contributed by atoms with E-state index in [0.717, 1.165) is 16.7 Å². The molecule has 4 N–H and O–H groups in total. The molecular formula is C13H14N2O2S. The lowest BCUT2D eigenvalue weighted by Gasteiger charge is -2.08. The SMILES string of the molecule is NCc1ccccc1-c1cccc(S(N)(=O)=O)c1. The summed E-state index contributed by atoms with van der Waals surface area (Å²) in [6.45, 7) is 0.399. The molecule has 0 amide bonds. The number of sulfonamides is 1. The van der Waals surface area contributed by atoms with Crippen LogP contribution in [0, 0.1) is 0 Å². The van der Waals surface area contributed by atoms with Crippen molar-refractivity contribution < 1.29 is 8.42 Å². The molecule has 4 nitrogen and oxygen atoms in total. The number of benzene rings is 2. The van der Waals surface area contributed by atoms with Gasteiger partial charge in [-0.15, -0.1) is 0 Å². The van der Waals surface area contributed by atoms with Gasteiger partial charge in [0.1, 0.15) is 0 Å². The Labute approximate surface area is 106 Å². The predicted molar refractivity (Wildman–Crippen MR) is 71.1 cm³/mol. The maximum absolute atomic E-state index is 11.3. The molecule has 0 radical (unpaired) electrons. The Kier molecular flexibility index (Phi) is 3.47. The molecular weight excluding hydrogens is 248 g/mol. The molecule has 0 atom stereocenters. The molecule has 2 rings (SSSR count). The maximum Gasteiger partial charge on any atom is 0.238 e. The van der Waals surface area contributed by atoms with E-state index >= 15 is 0 Å². The molecule has 0 fully saturated rings. The smallest absolute Gasteiger partial charge is 0.238 e. The zero-order chi connectivity index (χ0) is 13.2. The van der Waals surface area contributed by atoms with Gasteiger partial charge >= 0.3 is 0 Å². The van der Waals surface area contributed by atoms with Gasteiger partial charge in [-0.05, 0) is 28.8 Å². The first-order valence-electron chi connectivity index (χ1n) is 5.43. The van der Waals surface area contributed by atoms with E-state index in [9.17, 15) is 8.42 Å². The van der Waals surface area contributed by atoms with Crippen molar-refractivity contribution in [1.29, 1.82) is 0 Å². The largest absolute Gasteiger partial charge is 0.326 e. The lowest BCUT2D eigenvalue weighted by atomic mass is 10.00. The van der Waals surface area contributed by atoms with Gasteiger partial charge in [-0.3, -0.25) is 0 Å². The van der Waals surface area contributed by atoms with Gasteiger partial charge in [-0.1, -0.05) is 36.4 Å². The number of rotatable bonds is 3. The van der Waals surface area contributed by atoms with Crippen molar-refractivity contribution in [2.45, 2.75) is 11.4 Å². The van der Waals surface area contributed by atoms with Crippen LogP contribution in [-0.2, 0) is 16.6 Å². The zero-order valence-corrected chi connectivity index (χ0v) is 10.5. The fourth-order valence-corrected chi connectivity index (χ4v) is 2.38. The van der Waals surface area contributed by atoms with Crippen molar-refractivity contribution in [1.82, 2.24) is 0 Å². The van der Waals surface area contributed by atoms with Crippen LogP contribution in [0.25, 0.3) is 11.1 Å². The first-order chi connectivity index (χ1) is 8.52. The first-order valence-corrected chi connectivity index (χ1v) is 6.98. The second-order valence-corrected chi connectivity index (χ2v) is 5.50. The third-order valence-corrected chi connectivity index (χ3v) is 3.62. The Balaban J connectivity index is 2.58. The lowest BCUT2D eigenvalue weighted by molar-refractivity contribution is 0.598. The molecule has 0 spiro atoms. The Bertz CT molecular complexity index is 666. The van der Waals surface area contributed by atoms with Crippen molar-refractivity contribution in [2.24, 2.45) is 10.9 Å². The monoisotopic (exact) mass is 262 g/mol. The Morgan fingerprint density at radius 1 is 1.00 bits per heavy atom. The van der Waals surface area contributed by atoms with E-state index in [-0.39, 0.29) is 4.90 Å². The van der Waals surface area contributed by atoms with Crippen LogP contribution in [0.5, 0.6) is 0 Å². The minimum absolute atomic E-state index is 0.104. The van der Waals surface area contributed by atoms with E-state index in [1.807, 2.05) is 30.3 Å². The Hall–Kier alpha value is -1.69. The van der Waals surface area contributed by atoms with Crippen LogP contribution in [-0.4, -0.2) is 8.42 Å². The molecule has 0 aliphatic carbocycles. The third-order valence-electron chi connectivity index (χ3n) is 2.71. The van der Waals surface area contributed by atoms with Gasteiger partial charge in [-0.2, -0.15) is 0 Å². The summed E-state index contributed by atoms with van der Waals surface area (Å²) in [5, 5.41) is 5.12. The van der Waals surface area contributed by atoms with Crippen LogP contribution in [0.2, 0.25) is 0 Å². The van der Waals surface area contributed by atoms with Crippen LogP contribution < -0.4 is 10.9 Å². The molecule has 0 bridgehead atoms. The highest BCUT2D eigenvalue weighted by Gasteiger charge is 2.10. The van der Waals surface area contributed by atoms with Gasteiger partial charge < -0.3 is 5.73 Å². The summed E-state index contributed by atoms with van der Waals surface area (Å²) in [4.78, 5) is 0.104. The van der Waals surface area contributed by atoms with Gasteiger partial charge in [0.15, 0.2) is 0 Å². The summed E-state index contributed by atoms with van der Waals surface area (Å²) < 4.78 is 22.6. The third kappa shape index (κ3) is 2.59. The highest BCUT2D eigenvalue weighted by Crippen LogP contribution is 2.25. The molecule has 5 heteroatoms. The van der Waals surface area contributed by atoms with E-state index in [0.29, 0.717) is 6.54 Å². The summed E-state index contributed by atoms with van der Waals surface area (Å²) in [6.07, 6.45) is 0. The molecule has 18 heavy (non-hydrogen) atoms. The number of hydrogen-bond donors (Lipinski definition) is 2. The van der Waals surface area contributed by atoms with E-state index in [1.165, 1.54) is 6.07 Å². The van der Waals surface area contributed by atoms with Crippen LogP contribution in [0.1, 0.15) is 5.56 Å². The van der Waals surface area contributed by atoms with Gasteiger partial charge in [0, 0.05) is 6.54 Å². The highest BCUT2D eigenvalue weighted by atomic mass is 32.2. The summed E-state index contributed by atoms with van der Waals surface area (Å²) in [6, 6.07) is 14.1. The van der Waals surface area contributed by atoms with Crippen molar-refractivity contribution in [3.05, 3.63) is 54.1 Å². The van der Waals surface area contributed by atoms with E-state index < -0.39 is 10.0 Å². The molecule has 0 saturated heterocycles. The average Bonchev–Trinajstić information content (AvgIpc) is 2.38. The van der Waals surface area contributed by atoms with E-state index in [4.69, 9.17) is 10.9 Å². The first kappa shape index (κ1) is 12.8. The van der Waals surface area contributed by atoms with Crippen LogP contribution in [0.15, 0.2) is 53.4 Å². The fourth-order valence-electron chi connectivity index (χ4n) is 1.82. The van der Waals surface area contributed by atoms with Gasteiger partial charge in [0.2, 0.25) is 10.0 Å². The number of nitrogens with two attached hydrogens (primary N) is 2. The van der Waals surface area contributed by atoms with Crippen molar-refractivity contribution in [3.63, 3.8) is 0 Å². The van der Waals surface area contributed by atoms with E-state index in [1.54, 1.807) is 12.1 Å². The molecule has 0 heterocycles. The Morgan fingerprint density at radius 2 is 1.72 bits per heavy atom. The fraction of sp³-hybridized carbons (Fsp3) is 0.0769. The average molecular weight is 262 g/mol. The lowest BCUT2D eigenvalue weighted by Crippen LogP contribution is -2.12. The van der Waals surface area contributed by atoms with E-state index in [2.05, 4.69) is 0 Å². The normalized spacial score (nSPS) is 11.4. The highest BCUT2D eigenvalue weighted by molar-refractivity contribution is 7.89. The van der Waals surface area contributed by atoms with Crippen molar-refractivity contribution in [3.8, 4) is 11.1 Å². The summed E-state index contributed by atoms with van der Waals surface area (Å²) in [5.41, 5.74) is 8.35. The minimum Gasteiger partial charge on any atom is -0.326 e.